The van der Waals surface area contributed by atoms with E-state index in [0.29, 0.717) is 6.42 Å². The molecule has 0 saturated heterocycles. The van der Waals surface area contributed by atoms with Gasteiger partial charge in [-0.1, -0.05) is 28.1 Å². The van der Waals surface area contributed by atoms with Crippen molar-refractivity contribution in [3.05, 3.63) is 52.0 Å². The van der Waals surface area contributed by atoms with Crippen molar-refractivity contribution in [2.75, 3.05) is 0 Å². The maximum Gasteiger partial charge on any atom is 0.107 e. The molecule has 0 spiro atoms. The van der Waals surface area contributed by atoms with Crippen LogP contribution in [0, 0.1) is 6.92 Å². The van der Waals surface area contributed by atoms with E-state index < -0.39 is 0 Å². The van der Waals surface area contributed by atoms with Gasteiger partial charge in [-0.15, -0.1) is 11.6 Å². The summed E-state index contributed by atoms with van der Waals surface area (Å²) in [5.41, 5.74) is 2.33. The lowest BCUT2D eigenvalue weighted by atomic mass is 10.0. The van der Waals surface area contributed by atoms with Crippen LogP contribution in [-0.4, -0.2) is 9.97 Å². The van der Waals surface area contributed by atoms with Gasteiger partial charge in [0.15, 0.2) is 0 Å². The van der Waals surface area contributed by atoms with Gasteiger partial charge >= 0.3 is 0 Å². The van der Waals surface area contributed by atoms with E-state index in [1.807, 2.05) is 18.3 Å². The van der Waals surface area contributed by atoms with Crippen molar-refractivity contribution in [2.45, 2.75) is 18.7 Å². The summed E-state index contributed by atoms with van der Waals surface area (Å²) >= 11 is 9.90. The van der Waals surface area contributed by atoms with Gasteiger partial charge in [-0.25, -0.2) is 4.98 Å². The van der Waals surface area contributed by atoms with Crippen LogP contribution >= 0.6 is 27.5 Å². The fraction of sp³-hybridized carbons (Fsp3) is 0.250. The molecule has 1 aromatic heterocycles. The standard InChI is InChI=1S/C12H12BrClN2/c1-8-9(3-2-4-10(8)13)11(14)7-12-15-5-6-16-12/h2-6,11H,7H2,1H3,(H,15,16). The lowest BCUT2D eigenvalue weighted by Gasteiger charge is -2.12. The molecular weight excluding hydrogens is 288 g/mol. The van der Waals surface area contributed by atoms with Crippen molar-refractivity contribution in [3.8, 4) is 0 Å². The molecule has 1 heterocycles. The minimum atomic E-state index is -0.0522. The maximum atomic E-state index is 6.39. The molecule has 0 saturated carbocycles. The van der Waals surface area contributed by atoms with Crippen LogP contribution < -0.4 is 0 Å². The predicted molar refractivity (Wildman–Crippen MR) is 69.8 cm³/mol. The lowest BCUT2D eigenvalue weighted by molar-refractivity contribution is 0.848. The number of halogens is 2. The number of hydrogen-bond acceptors (Lipinski definition) is 1. The summed E-state index contributed by atoms with van der Waals surface area (Å²) in [7, 11) is 0. The molecule has 1 N–H and O–H groups in total. The number of H-pyrrole nitrogens is 1. The van der Waals surface area contributed by atoms with Crippen molar-refractivity contribution in [2.24, 2.45) is 0 Å². The fourth-order valence-corrected chi connectivity index (χ4v) is 2.42. The summed E-state index contributed by atoms with van der Waals surface area (Å²) < 4.78 is 1.09. The second-order valence-corrected chi connectivity index (χ2v) is 5.04. The molecule has 2 rings (SSSR count). The minimum absolute atomic E-state index is 0.0522. The first-order chi connectivity index (χ1) is 7.68. The molecule has 16 heavy (non-hydrogen) atoms. The SMILES string of the molecule is Cc1c(Br)cccc1C(Cl)Cc1ncc[nH]1. The Labute approximate surface area is 108 Å². The molecule has 1 atom stereocenters. The van der Waals surface area contributed by atoms with Gasteiger partial charge in [-0.05, 0) is 24.1 Å². The quantitative estimate of drug-likeness (QED) is 0.853. The van der Waals surface area contributed by atoms with Gasteiger partial charge in [0, 0.05) is 23.3 Å². The number of aromatic amines is 1. The van der Waals surface area contributed by atoms with Gasteiger partial charge in [0.25, 0.3) is 0 Å². The van der Waals surface area contributed by atoms with E-state index in [-0.39, 0.29) is 5.38 Å². The summed E-state index contributed by atoms with van der Waals surface area (Å²) in [6, 6.07) is 6.08. The number of aromatic nitrogens is 2. The third-order valence-corrected chi connectivity index (χ3v) is 3.82. The number of nitrogens with one attached hydrogen (secondary N) is 1. The first-order valence-electron chi connectivity index (χ1n) is 5.06. The summed E-state index contributed by atoms with van der Waals surface area (Å²) in [6.07, 6.45) is 4.27. The van der Waals surface area contributed by atoms with E-state index in [1.54, 1.807) is 6.20 Å². The van der Waals surface area contributed by atoms with E-state index in [0.717, 1.165) is 15.9 Å². The largest absolute Gasteiger partial charge is 0.349 e. The fourth-order valence-electron chi connectivity index (χ4n) is 1.65. The Balaban J connectivity index is 2.21. The Hall–Kier alpha value is -0.800. The molecule has 0 fully saturated rings. The molecule has 0 amide bonds. The number of benzene rings is 1. The Morgan fingerprint density at radius 2 is 2.31 bits per heavy atom. The summed E-state index contributed by atoms with van der Waals surface area (Å²) in [4.78, 5) is 7.25. The van der Waals surface area contributed by atoms with Crippen molar-refractivity contribution in [1.29, 1.82) is 0 Å². The van der Waals surface area contributed by atoms with Crippen LogP contribution in [0.4, 0.5) is 0 Å². The lowest BCUT2D eigenvalue weighted by Crippen LogP contribution is -2.00. The van der Waals surface area contributed by atoms with Gasteiger partial charge in [-0.3, -0.25) is 0 Å². The average molecular weight is 300 g/mol. The van der Waals surface area contributed by atoms with E-state index >= 15 is 0 Å². The Kier molecular flexibility index (Phi) is 3.66. The van der Waals surface area contributed by atoms with Crippen molar-refractivity contribution in [3.63, 3.8) is 0 Å². The molecule has 1 aromatic carbocycles. The number of alkyl halides is 1. The van der Waals surface area contributed by atoms with Crippen LogP contribution in [0.3, 0.4) is 0 Å². The van der Waals surface area contributed by atoms with Crippen molar-refractivity contribution >= 4 is 27.5 Å². The molecule has 4 heteroatoms. The Bertz CT molecular complexity index is 468. The van der Waals surface area contributed by atoms with Crippen LogP contribution in [0.2, 0.25) is 0 Å². The molecule has 0 aliphatic rings. The molecule has 0 radical (unpaired) electrons. The zero-order valence-corrected chi connectivity index (χ0v) is 11.2. The second-order valence-electron chi connectivity index (χ2n) is 3.66. The van der Waals surface area contributed by atoms with Gasteiger partial charge in [-0.2, -0.15) is 0 Å². The predicted octanol–water partition coefficient (Wildman–Crippen LogP) is 4.00. The number of rotatable bonds is 3. The first-order valence-corrected chi connectivity index (χ1v) is 6.28. The summed E-state index contributed by atoms with van der Waals surface area (Å²) in [5.74, 6) is 0.916. The van der Waals surface area contributed by atoms with Crippen LogP contribution in [0.15, 0.2) is 35.1 Å². The monoisotopic (exact) mass is 298 g/mol. The molecule has 2 aromatic rings. The number of imidazole rings is 1. The number of hydrogen-bond donors (Lipinski definition) is 1. The molecule has 0 aliphatic heterocycles. The van der Waals surface area contributed by atoms with Gasteiger partial charge < -0.3 is 4.98 Å². The smallest absolute Gasteiger partial charge is 0.107 e. The van der Waals surface area contributed by atoms with Gasteiger partial charge in [0.05, 0.1) is 5.38 Å². The van der Waals surface area contributed by atoms with Gasteiger partial charge in [0.2, 0.25) is 0 Å². The van der Waals surface area contributed by atoms with Gasteiger partial charge in [0.1, 0.15) is 5.82 Å². The van der Waals surface area contributed by atoms with Crippen LogP contribution in [0.25, 0.3) is 0 Å². The number of nitrogens with zero attached hydrogens (tertiary/aromatic N) is 1. The Morgan fingerprint density at radius 1 is 1.50 bits per heavy atom. The highest BCUT2D eigenvalue weighted by molar-refractivity contribution is 9.10. The highest BCUT2D eigenvalue weighted by Gasteiger charge is 2.13. The van der Waals surface area contributed by atoms with Crippen molar-refractivity contribution < 1.29 is 0 Å². The second kappa shape index (κ2) is 5.02. The first kappa shape index (κ1) is 11.7. The highest BCUT2D eigenvalue weighted by Crippen LogP contribution is 2.30. The van der Waals surface area contributed by atoms with E-state index in [4.69, 9.17) is 11.6 Å². The summed E-state index contributed by atoms with van der Waals surface area (Å²) in [6.45, 7) is 2.07. The normalized spacial score (nSPS) is 12.7. The van der Waals surface area contributed by atoms with Crippen LogP contribution in [0.5, 0.6) is 0 Å². The Morgan fingerprint density at radius 3 is 3.00 bits per heavy atom. The van der Waals surface area contributed by atoms with Crippen LogP contribution in [-0.2, 0) is 6.42 Å². The molecular formula is C12H12BrClN2. The van der Waals surface area contributed by atoms with Crippen molar-refractivity contribution in [1.82, 2.24) is 9.97 Å². The topological polar surface area (TPSA) is 28.7 Å². The molecule has 1 unspecified atom stereocenters. The van der Waals surface area contributed by atoms with E-state index in [1.165, 1.54) is 5.56 Å². The molecule has 0 aliphatic carbocycles. The van der Waals surface area contributed by atoms with E-state index in [9.17, 15) is 0 Å². The highest BCUT2D eigenvalue weighted by atomic mass is 79.9. The summed E-state index contributed by atoms with van der Waals surface area (Å²) in [5, 5.41) is -0.0522. The molecule has 0 bridgehead atoms. The zero-order valence-electron chi connectivity index (χ0n) is 8.87. The van der Waals surface area contributed by atoms with Crippen LogP contribution in [0.1, 0.15) is 22.3 Å². The van der Waals surface area contributed by atoms with E-state index in [2.05, 4.69) is 38.9 Å². The molecule has 84 valence electrons. The zero-order chi connectivity index (χ0) is 11.5. The maximum absolute atomic E-state index is 6.39. The average Bonchev–Trinajstić information content (AvgIpc) is 2.74. The molecule has 2 nitrogen and oxygen atoms in total. The third kappa shape index (κ3) is 2.47. The third-order valence-electron chi connectivity index (χ3n) is 2.57. The minimum Gasteiger partial charge on any atom is -0.349 e.